The molecule has 2 aliphatic rings. The summed E-state index contributed by atoms with van der Waals surface area (Å²) in [7, 11) is 0. The second-order valence-electron chi connectivity index (χ2n) is 6.84. The standard InChI is InChI=1S/C19H26FN3O/c1-14(24)23(18-6-2-15(20)3-7-18)19-10-12-22(13-11-19)17-8-4-16(21)5-9-17/h2-4,6-7,17,19H,5,8-13,21H2,1H3. The maximum Gasteiger partial charge on any atom is 0.224 e. The number of hydrogen-bond donors (Lipinski definition) is 1. The number of likely N-dealkylation sites (tertiary alicyclic amines) is 1. The average Bonchev–Trinajstić information content (AvgIpc) is 2.58. The highest BCUT2D eigenvalue weighted by Gasteiger charge is 2.30. The Morgan fingerprint density at radius 2 is 1.88 bits per heavy atom. The summed E-state index contributed by atoms with van der Waals surface area (Å²) in [6.07, 6.45) is 7.20. The molecule has 1 amide bonds. The van der Waals surface area contributed by atoms with E-state index in [2.05, 4.69) is 11.0 Å². The Morgan fingerprint density at radius 1 is 1.21 bits per heavy atom. The third kappa shape index (κ3) is 3.78. The minimum absolute atomic E-state index is 0.0217. The molecule has 0 saturated carbocycles. The van der Waals surface area contributed by atoms with E-state index in [1.165, 1.54) is 12.1 Å². The topological polar surface area (TPSA) is 49.6 Å². The van der Waals surface area contributed by atoms with Gasteiger partial charge in [-0.25, -0.2) is 4.39 Å². The van der Waals surface area contributed by atoms with Crippen LogP contribution in [0.25, 0.3) is 0 Å². The van der Waals surface area contributed by atoms with Gasteiger partial charge in [0.1, 0.15) is 5.82 Å². The lowest BCUT2D eigenvalue weighted by atomic mass is 9.94. The molecule has 1 atom stereocenters. The van der Waals surface area contributed by atoms with Crippen molar-refractivity contribution in [3.63, 3.8) is 0 Å². The van der Waals surface area contributed by atoms with E-state index < -0.39 is 0 Å². The fourth-order valence-electron chi connectivity index (χ4n) is 3.93. The molecule has 4 nitrogen and oxygen atoms in total. The predicted molar refractivity (Wildman–Crippen MR) is 94.1 cm³/mol. The normalized spacial score (nSPS) is 22.9. The van der Waals surface area contributed by atoms with Crippen LogP contribution in [0.3, 0.4) is 0 Å². The molecule has 130 valence electrons. The van der Waals surface area contributed by atoms with Crippen molar-refractivity contribution in [3.8, 4) is 0 Å². The second-order valence-corrected chi connectivity index (χ2v) is 6.84. The van der Waals surface area contributed by atoms with Crippen LogP contribution in [0.4, 0.5) is 10.1 Å². The Labute approximate surface area is 143 Å². The number of piperidine rings is 1. The molecule has 3 rings (SSSR count). The molecule has 1 fully saturated rings. The van der Waals surface area contributed by atoms with E-state index in [1.54, 1.807) is 19.1 Å². The average molecular weight is 331 g/mol. The zero-order valence-corrected chi connectivity index (χ0v) is 14.2. The fourth-order valence-corrected chi connectivity index (χ4v) is 3.93. The van der Waals surface area contributed by atoms with Gasteiger partial charge in [-0.2, -0.15) is 0 Å². The number of benzene rings is 1. The van der Waals surface area contributed by atoms with Gasteiger partial charge in [-0.3, -0.25) is 9.69 Å². The van der Waals surface area contributed by atoms with Crippen molar-refractivity contribution in [1.29, 1.82) is 0 Å². The summed E-state index contributed by atoms with van der Waals surface area (Å²) in [5.74, 6) is -0.255. The highest BCUT2D eigenvalue weighted by Crippen LogP contribution is 2.28. The number of rotatable bonds is 3. The summed E-state index contributed by atoms with van der Waals surface area (Å²) in [5.41, 5.74) is 7.67. The highest BCUT2D eigenvalue weighted by molar-refractivity contribution is 5.92. The van der Waals surface area contributed by atoms with Crippen LogP contribution in [0.1, 0.15) is 39.0 Å². The summed E-state index contributed by atoms with van der Waals surface area (Å²) in [4.78, 5) is 16.5. The predicted octanol–water partition coefficient (Wildman–Crippen LogP) is 3.04. The maximum atomic E-state index is 13.2. The number of nitrogens with two attached hydrogens (primary N) is 1. The lowest BCUT2D eigenvalue weighted by molar-refractivity contribution is -0.117. The summed E-state index contributed by atoms with van der Waals surface area (Å²) in [6.45, 7) is 3.58. The Hall–Kier alpha value is -1.88. The number of halogens is 1. The first kappa shape index (κ1) is 17.0. The monoisotopic (exact) mass is 331 g/mol. The highest BCUT2D eigenvalue weighted by atomic mass is 19.1. The maximum absolute atomic E-state index is 13.2. The fraction of sp³-hybridized carbons (Fsp3) is 0.526. The van der Waals surface area contributed by atoms with Crippen LogP contribution in [0.5, 0.6) is 0 Å². The van der Waals surface area contributed by atoms with Gasteiger partial charge >= 0.3 is 0 Å². The molecule has 1 saturated heterocycles. The van der Waals surface area contributed by atoms with E-state index in [0.29, 0.717) is 6.04 Å². The lowest BCUT2D eigenvalue weighted by Gasteiger charge is -2.42. The largest absolute Gasteiger partial charge is 0.402 e. The number of amides is 1. The lowest BCUT2D eigenvalue weighted by Crippen LogP contribution is -2.50. The van der Waals surface area contributed by atoms with Crippen LogP contribution in [-0.4, -0.2) is 36.0 Å². The van der Waals surface area contributed by atoms with Crippen molar-refractivity contribution in [2.45, 2.75) is 51.1 Å². The van der Waals surface area contributed by atoms with Crippen LogP contribution in [-0.2, 0) is 4.79 Å². The van der Waals surface area contributed by atoms with E-state index in [-0.39, 0.29) is 17.8 Å². The van der Waals surface area contributed by atoms with E-state index in [1.807, 2.05) is 4.90 Å². The molecule has 0 radical (unpaired) electrons. The first-order chi connectivity index (χ1) is 11.5. The third-order valence-corrected chi connectivity index (χ3v) is 5.24. The Kier molecular flexibility index (Phi) is 5.19. The first-order valence-electron chi connectivity index (χ1n) is 8.78. The molecule has 1 aromatic carbocycles. The number of anilines is 1. The van der Waals surface area contributed by atoms with Gasteiger partial charge in [0.05, 0.1) is 0 Å². The molecule has 1 aliphatic carbocycles. The van der Waals surface area contributed by atoms with Crippen LogP contribution in [0, 0.1) is 5.82 Å². The van der Waals surface area contributed by atoms with Gasteiger partial charge in [0.25, 0.3) is 0 Å². The molecule has 1 heterocycles. The summed E-state index contributed by atoms with van der Waals surface area (Å²) < 4.78 is 13.2. The molecule has 1 aliphatic heterocycles. The molecule has 0 spiro atoms. The van der Waals surface area contributed by atoms with Crippen molar-refractivity contribution in [2.75, 3.05) is 18.0 Å². The van der Waals surface area contributed by atoms with Gasteiger partial charge in [-0.15, -0.1) is 0 Å². The van der Waals surface area contributed by atoms with Crippen molar-refractivity contribution in [1.82, 2.24) is 4.90 Å². The van der Waals surface area contributed by atoms with Gasteiger partial charge in [0.2, 0.25) is 5.91 Å². The Morgan fingerprint density at radius 3 is 2.42 bits per heavy atom. The van der Waals surface area contributed by atoms with Gasteiger partial charge in [0, 0.05) is 43.5 Å². The quantitative estimate of drug-likeness (QED) is 0.926. The van der Waals surface area contributed by atoms with Gasteiger partial charge in [-0.05, 0) is 56.4 Å². The van der Waals surface area contributed by atoms with Crippen molar-refractivity contribution in [2.24, 2.45) is 5.73 Å². The van der Waals surface area contributed by atoms with E-state index in [9.17, 15) is 9.18 Å². The smallest absolute Gasteiger partial charge is 0.224 e. The minimum Gasteiger partial charge on any atom is -0.402 e. The third-order valence-electron chi connectivity index (χ3n) is 5.24. The molecular weight excluding hydrogens is 305 g/mol. The van der Waals surface area contributed by atoms with Gasteiger partial charge in [0.15, 0.2) is 0 Å². The molecule has 24 heavy (non-hydrogen) atoms. The van der Waals surface area contributed by atoms with Crippen LogP contribution in [0.15, 0.2) is 36.0 Å². The number of nitrogens with zero attached hydrogens (tertiary/aromatic N) is 2. The number of carbonyl (C=O) groups excluding carboxylic acids is 1. The summed E-state index contributed by atoms with van der Waals surface area (Å²) in [6, 6.07) is 6.98. The molecule has 1 unspecified atom stereocenters. The van der Waals surface area contributed by atoms with Gasteiger partial charge < -0.3 is 10.6 Å². The van der Waals surface area contributed by atoms with Crippen LogP contribution in [0.2, 0.25) is 0 Å². The zero-order valence-electron chi connectivity index (χ0n) is 14.2. The molecule has 2 N–H and O–H groups in total. The first-order valence-corrected chi connectivity index (χ1v) is 8.78. The number of carbonyl (C=O) groups is 1. The van der Waals surface area contributed by atoms with Crippen molar-refractivity contribution >= 4 is 11.6 Å². The van der Waals surface area contributed by atoms with E-state index >= 15 is 0 Å². The Bertz CT molecular complexity index is 606. The Balaban J connectivity index is 1.63. The number of hydrogen-bond acceptors (Lipinski definition) is 3. The molecular formula is C19H26FN3O. The summed E-state index contributed by atoms with van der Waals surface area (Å²) >= 11 is 0. The SMILES string of the molecule is CC(=O)N(c1ccc(F)cc1)C1CCN(C2CC=C(N)CC2)CC1. The summed E-state index contributed by atoms with van der Waals surface area (Å²) in [5, 5.41) is 0. The van der Waals surface area contributed by atoms with E-state index in [4.69, 9.17) is 5.73 Å². The molecule has 0 bridgehead atoms. The van der Waals surface area contributed by atoms with E-state index in [0.717, 1.165) is 56.6 Å². The second kappa shape index (κ2) is 7.34. The molecule has 5 heteroatoms. The van der Waals surface area contributed by atoms with Gasteiger partial charge in [-0.1, -0.05) is 6.08 Å². The molecule has 1 aromatic rings. The minimum atomic E-state index is -0.276. The van der Waals surface area contributed by atoms with Crippen LogP contribution >= 0.6 is 0 Å². The van der Waals surface area contributed by atoms with Crippen molar-refractivity contribution < 1.29 is 9.18 Å². The van der Waals surface area contributed by atoms with Crippen LogP contribution < -0.4 is 10.6 Å². The zero-order chi connectivity index (χ0) is 17.1. The number of allylic oxidation sites excluding steroid dienone is 1. The van der Waals surface area contributed by atoms with Crippen molar-refractivity contribution in [3.05, 3.63) is 41.9 Å². The molecule has 0 aromatic heterocycles.